The first kappa shape index (κ1) is 18.3. The third-order valence-corrected chi connectivity index (χ3v) is 9.74. The van der Waals surface area contributed by atoms with E-state index in [1.165, 1.54) is 44.9 Å². The quantitative estimate of drug-likeness (QED) is 0.731. The highest BCUT2D eigenvalue weighted by Gasteiger charge is 2.61. The highest BCUT2D eigenvalue weighted by molar-refractivity contribution is 5.09. The van der Waals surface area contributed by atoms with Crippen LogP contribution in [-0.2, 0) is 0 Å². The second kappa shape index (κ2) is 6.49. The van der Waals surface area contributed by atoms with Gasteiger partial charge in [0, 0.05) is 11.8 Å². The summed E-state index contributed by atoms with van der Waals surface area (Å²) >= 11 is 0. The minimum atomic E-state index is -0.0323. The number of aliphatic hydroxyl groups excluding tert-OH is 2. The molecule has 0 saturated heterocycles. The Hall–Kier alpha value is -0.120. The van der Waals surface area contributed by atoms with Crippen LogP contribution >= 0.6 is 0 Å². The van der Waals surface area contributed by atoms with Crippen molar-refractivity contribution in [1.29, 1.82) is 0 Å². The zero-order valence-electron chi connectivity index (χ0n) is 16.6. The number of nitrogens with one attached hydrogen (secondary N) is 1. The van der Waals surface area contributed by atoms with Crippen LogP contribution in [0.15, 0.2) is 0 Å². The summed E-state index contributed by atoms with van der Waals surface area (Å²) in [6.45, 7) is 6.39. The Morgan fingerprint density at radius 2 is 1.64 bits per heavy atom. The van der Waals surface area contributed by atoms with Crippen LogP contribution < -0.4 is 4.90 Å². The number of quaternary nitrogens is 1. The maximum atomic E-state index is 10.2. The fraction of sp³-hybridized carbons (Fsp3) is 1.00. The fourth-order valence-electron chi connectivity index (χ4n) is 8.40. The lowest BCUT2D eigenvalue weighted by Crippen LogP contribution is -3.14. The van der Waals surface area contributed by atoms with Crippen LogP contribution in [0.1, 0.15) is 71.6 Å². The normalized spacial score (nSPS) is 53.6. The van der Waals surface area contributed by atoms with Crippen LogP contribution in [0.5, 0.6) is 0 Å². The number of aliphatic hydroxyl groups is 2. The van der Waals surface area contributed by atoms with Crippen molar-refractivity contribution in [3.05, 3.63) is 0 Å². The summed E-state index contributed by atoms with van der Waals surface area (Å²) in [6, 6.07) is 0.740. The predicted octanol–water partition coefficient (Wildman–Crippen LogP) is 2.27. The molecule has 0 heterocycles. The number of hydrogen-bond acceptors (Lipinski definition) is 2. The van der Waals surface area contributed by atoms with Crippen LogP contribution in [0, 0.1) is 34.5 Å². The molecule has 4 saturated carbocycles. The average Bonchev–Trinajstić information content (AvgIpc) is 2.93. The van der Waals surface area contributed by atoms with E-state index in [-0.39, 0.29) is 6.10 Å². The van der Waals surface area contributed by atoms with Gasteiger partial charge in [-0.15, -0.1) is 0 Å². The number of rotatable bonds is 3. The van der Waals surface area contributed by atoms with E-state index in [2.05, 4.69) is 20.9 Å². The third kappa shape index (κ3) is 2.72. The zero-order valence-corrected chi connectivity index (χ0v) is 16.6. The molecule has 0 aromatic carbocycles. The molecule has 3 N–H and O–H groups in total. The number of hydrogen-bond donors (Lipinski definition) is 3. The van der Waals surface area contributed by atoms with Gasteiger partial charge in [-0.3, -0.25) is 0 Å². The van der Waals surface area contributed by atoms with Gasteiger partial charge in [-0.2, -0.15) is 0 Å². The monoisotopic (exact) mass is 350 g/mol. The molecule has 25 heavy (non-hydrogen) atoms. The Kier molecular flexibility index (Phi) is 4.74. The molecule has 4 fully saturated rings. The third-order valence-electron chi connectivity index (χ3n) is 9.74. The van der Waals surface area contributed by atoms with Crippen molar-refractivity contribution >= 4 is 0 Å². The molecular formula is C22H40NO2+. The van der Waals surface area contributed by atoms with Crippen molar-refractivity contribution in [2.45, 2.75) is 83.8 Å². The zero-order chi connectivity index (χ0) is 17.8. The minimum Gasteiger partial charge on any atom is -0.393 e. The molecule has 4 aliphatic rings. The van der Waals surface area contributed by atoms with Gasteiger partial charge in [0.2, 0.25) is 0 Å². The molecule has 3 heteroatoms. The standard InChI is InChI=1S/C22H39NO2/c1-21-10-8-16(25)14-15(21)4-5-17-18-6-7-20(23(3)12-13-24)22(18,2)11-9-19(17)21/h15-20,24-25H,4-14H2,1-3H3/p+1/t15-,16-,17-,18+,19-,20-,21-,22-/m0/s1. The summed E-state index contributed by atoms with van der Waals surface area (Å²) in [5.41, 5.74) is 0.975. The molecule has 0 radical (unpaired) electrons. The van der Waals surface area contributed by atoms with Gasteiger partial charge in [-0.25, -0.2) is 0 Å². The van der Waals surface area contributed by atoms with Gasteiger partial charge in [0.1, 0.15) is 6.54 Å². The van der Waals surface area contributed by atoms with E-state index in [9.17, 15) is 10.2 Å². The molecular weight excluding hydrogens is 310 g/mol. The SMILES string of the molecule is C[NH+](CCO)[C@H]1CC[C@@H]2[C@@H]3CC[C@H]4C[C@@H](O)CC[C@]4(C)[C@H]3CC[C@@]21C. The number of likely N-dealkylation sites (N-methyl/N-ethyl adjacent to an activating group) is 1. The van der Waals surface area contributed by atoms with Crippen molar-refractivity contribution in [1.82, 2.24) is 0 Å². The highest BCUT2D eigenvalue weighted by Crippen LogP contribution is 2.65. The number of fused-ring (bicyclic) bond motifs is 5. The summed E-state index contributed by atoms with van der Waals surface area (Å²) in [5, 5.41) is 19.6. The largest absolute Gasteiger partial charge is 0.393 e. The van der Waals surface area contributed by atoms with Crippen molar-refractivity contribution in [3.63, 3.8) is 0 Å². The molecule has 4 aliphatic carbocycles. The van der Waals surface area contributed by atoms with Crippen molar-refractivity contribution in [2.24, 2.45) is 34.5 Å². The molecule has 0 bridgehead atoms. The lowest BCUT2D eigenvalue weighted by atomic mass is 9.45. The van der Waals surface area contributed by atoms with E-state index in [1.807, 2.05) is 0 Å². The van der Waals surface area contributed by atoms with Crippen LogP contribution in [0.4, 0.5) is 0 Å². The van der Waals surface area contributed by atoms with Crippen LogP contribution in [0.3, 0.4) is 0 Å². The summed E-state index contributed by atoms with van der Waals surface area (Å²) in [6.07, 6.45) is 11.6. The van der Waals surface area contributed by atoms with E-state index in [0.717, 1.165) is 49.1 Å². The van der Waals surface area contributed by atoms with Gasteiger partial charge >= 0.3 is 0 Å². The van der Waals surface area contributed by atoms with Crippen LogP contribution in [0.2, 0.25) is 0 Å². The molecule has 9 atom stereocenters. The smallest absolute Gasteiger partial charge is 0.101 e. The topological polar surface area (TPSA) is 44.9 Å². The van der Waals surface area contributed by atoms with E-state index >= 15 is 0 Å². The van der Waals surface area contributed by atoms with Gasteiger partial charge in [0.25, 0.3) is 0 Å². The molecule has 1 unspecified atom stereocenters. The van der Waals surface area contributed by atoms with E-state index in [0.29, 0.717) is 17.4 Å². The van der Waals surface area contributed by atoms with Gasteiger partial charge in [0.15, 0.2) is 0 Å². The van der Waals surface area contributed by atoms with Crippen LogP contribution in [0.25, 0.3) is 0 Å². The van der Waals surface area contributed by atoms with Gasteiger partial charge in [0.05, 0.1) is 25.8 Å². The first-order chi connectivity index (χ1) is 11.9. The summed E-state index contributed by atoms with van der Waals surface area (Å²) in [7, 11) is 2.31. The van der Waals surface area contributed by atoms with E-state index < -0.39 is 0 Å². The minimum absolute atomic E-state index is 0.0323. The molecule has 0 aromatic rings. The van der Waals surface area contributed by atoms with Crippen molar-refractivity contribution in [2.75, 3.05) is 20.2 Å². The fourth-order valence-corrected chi connectivity index (χ4v) is 8.40. The van der Waals surface area contributed by atoms with E-state index in [1.54, 1.807) is 4.90 Å². The Balaban J connectivity index is 1.56. The van der Waals surface area contributed by atoms with Crippen molar-refractivity contribution in [3.8, 4) is 0 Å². The van der Waals surface area contributed by atoms with Gasteiger partial charge < -0.3 is 15.1 Å². The molecule has 0 spiro atoms. The molecule has 0 aromatic heterocycles. The molecule has 0 aliphatic heterocycles. The predicted molar refractivity (Wildman–Crippen MR) is 100 cm³/mol. The van der Waals surface area contributed by atoms with E-state index in [4.69, 9.17) is 0 Å². The lowest BCUT2D eigenvalue weighted by molar-refractivity contribution is -0.913. The van der Waals surface area contributed by atoms with Gasteiger partial charge in [-0.05, 0) is 80.5 Å². The highest BCUT2D eigenvalue weighted by atomic mass is 16.3. The molecule has 4 rings (SSSR count). The molecule has 0 amide bonds. The second-order valence-electron chi connectivity index (χ2n) is 10.6. The maximum Gasteiger partial charge on any atom is 0.101 e. The first-order valence-corrected chi connectivity index (χ1v) is 11.0. The first-order valence-electron chi connectivity index (χ1n) is 11.0. The Bertz CT molecular complexity index is 496. The Morgan fingerprint density at radius 3 is 2.40 bits per heavy atom. The Morgan fingerprint density at radius 1 is 0.920 bits per heavy atom. The van der Waals surface area contributed by atoms with Gasteiger partial charge in [-0.1, -0.05) is 13.8 Å². The average molecular weight is 351 g/mol. The second-order valence-corrected chi connectivity index (χ2v) is 10.6. The lowest BCUT2D eigenvalue weighted by Gasteiger charge is -2.60. The van der Waals surface area contributed by atoms with Crippen LogP contribution in [-0.4, -0.2) is 42.6 Å². The summed E-state index contributed by atoms with van der Waals surface area (Å²) in [4.78, 5) is 1.56. The summed E-state index contributed by atoms with van der Waals surface area (Å²) < 4.78 is 0. The van der Waals surface area contributed by atoms with Crippen molar-refractivity contribution < 1.29 is 15.1 Å². The summed E-state index contributed by atoms with van der Waals surface area (Å²) in [5.74, 6) is 3.48. The Labute approximate surface area is 154 Å². The molecule has 3 nitrogen and oxygen atoms in total. The maximum absolute atomic E-state index is 10.2. The molecule has 144 valence electrons.